The third kappa shape index (κ3) is 3.72. The van der Waals surface area contributed by atoms with Gasteiger partial charge in [0.25, 0.3) is 0 Å². The molecule has 0 aliphatic rings. The first kappa shape index (κ1) is 17.9. The Hall–Kier alpha value is -2.44. The summed E-state index contributed by atoms with van der Waals surface area (Å²) in [6, 6.07) is 6.13. The van der Waals surface area contributed by atoms with Crippen molar-refractivity contribution in [1.82, 2.24) is 0 Å². The Morgan fingerprint density at radius 2 is 1.58 bits per heavy atom. The van der Waals surface area contributed by atoms with Gasteiger partial charge in [0.05, 0.1) is 10.0 Å². The molecule has 0 heterocycles. The molecule has 1 radical (unpaired) electrons. The SMILES string of the molecule is CC(=O)Oc1cc(Cl)c(-c2c(Cl)[c]cc(O)c2O)cc1OC(C)=O. The van der Waals surface area contributed by atoms with Crippen molar-refractivity contribution in [3.8, 4) is 34.1 Å². The zero-order valence-corrected chi connectivity index (χ0v) is 14.0. The molecule has 0 saturated carbocycles. The lowest BCUT2D eigenvalue weighted by Crippen LogP contribution is -2.07. The first-order valence-corrected chi connectivity index (χ1v) is 7.29. The van der Waals surface area contributed by atoms with Crippen LogP contribution in [-0.2, 0) is 9.59 Å². The molecule has 8 heteroatoms. The predicted octanol–water partition coefficient (Wildman–Crippen LogP) is 3.72. The highest BCUT2D eigenvalue weighted by Crippen LogP contribution is 2.47. The molecule has 0 aromatic heterocycles. The second kappa shape index (κ2) is 6.98. The summed E-state index contributed by atoms with van der Waals surface area (Å²) in [5.74, 6) is -2.45. The largest absolute Gasteiger partial charge is 0.504 e. The van der Waals surface area contributed by atoms with Crippen LogP contribution in [0.4, 0.5) is 0 Å². The van der Waals surface area contributed by atoms with Crippen LogP contribution in [-0.4, -0.2) is 22.2 Å². The maximum atomic E-state index is 11.3. The number of rotatable bonds is 3. The lowest BCUT2D eigenvalue weighted by atomic mass is 10.0. The average molecular weight is 370 g/mol. The molecule has 2 rings (SSSR count). The quantitative estimate of drug-likeness (QED) is 0.486. The van der Waals surface area contributed by atoms with Crippen LogP contribution in [0.15, 0.2) is 18.2 Å². The summed E-state index contributed by atoms with van der Waals surface area (Å²) >= 11 is 12.2. The number of benzene rings is 2. The molecule has 0 saturated heterocycles. The molecule has 2 aromatic rings. The van der Waals surface area contributed by atoms with Crippen molar-refractivity contribution in [1.29, 1.82) is 0 Å². The van der Waals surface area contributed by atoms with Gasteiger partial charge in [-0.25, -0.2) is 0 Å². The number of halogens is 2. The first-order valence-electron chi connectivity index (χ1n) is 6.53. The molecule has 2 N–H and O–H groups in total. The molecule has 0 aliphatic carbocycles. The molecule has 0 atom stereocenters. The Kier molecular flexibility index (Phi) is 5.21. The van der Waals surface area contributed by atoms with Crippen LogP contribution in [0.3, 0.4) is 0 Å². The van der Waals surface area contributed by atoms with Gasteiger partial charge in [0, 0.05) is 37.1 Å². The molecule has 0 aliphatic heterocycles. The molecule has 0 amide bonds. The van der Waals surface area contributed by atoms with E-state index >= 15 is 0 Å². The summed E-state index contributed by atoms with van der Waals surface area (Å²) < 4.78 is 9.95. The summed E-state index contributed by atoms with van der Waals surface area (Å²) in [5, 5.41) is 19.7. The fourth-order valence-corrected chi connectivity index (χ4v) is 2.44. The van der Waals surface area contributed by atoms with Crippen LogP contribution in [0, 0.1) is 6.07 Å². The van der Waals surface area contributed by atoms with Crippen LogP contribution in [0.1, 0.15) is 13.8 Å². The Labute approximate surface area is 147 Å². The summed E-state index contributed by atoms with van der Waals surface area (Å²) in [7, 11) is 0. The summed E-state index contributed by atoms with van der Waals surface area (Å²) in [5.41, 5.74) is 0.142. The van der Waals surface area contributed by atoms with Crippen LogP contribution in [0.25, 0.3) is 11.1 Å². The number of esters is 2. The molecule has 0 fully saturated rings. The van der Waals surface area contributed by atoms with Crippen LogP contribution in [0.2, 0.25) is 10.0 Å². The average Bonchev–Trinajstić information content (AvgIpc) is 2.46. The van der Waals surface area contributed by atoms with E-state index in [1.165, 1.54) is 26.0 Å². The third-order valence-corrected chi connectivity index (χ3v) is 3.46. The predicted molar refractivity (Wildman–Crippen MR) is 86.7 cm³/mol. The second-order valence-corrected chi connectivity index (χ2v) is 5.46. The van der Waals surface area contributed by atoms with Gasteiger partial charge in [-0.3, -0.25) is 9.59 Å². The molecule has 125 valence electrons. The minimum Gasteiger partial charge on any atom is -0.504 e. The van der Waals surface area contributed by atoms with E-state index in [1.54, 1.807) is 0 Å². The monoisotopic (exact) mass is 369 g/mol. The summed E-state index contributed by atoms with van der Waals surface area (Å²) in [6.07, 6.45) is 0. The zero-order valence-electron chi connectivity index (χ0n) is 12.5. The van der Waals surface area contributed by atoms with Crippen molar-refractivity contribution in [2.75, 3.05) is 0 Å². The highest BCUT2D eigenvalue weighted by atomic mass is 35.5. The number of carbonyl (C=O) groups excluding carboxylic acids is 2. The van der Waals surface area contributed by atoms with Crippen molar-refractivity contribution >= 4 is 35.1 Å². The Morgan fingerprint density at radius 3 is 2.12 bits per heavy atom. The van der Waals surface area contributed by atoms with Gasteiger partial charge < -0.3 is 19.7 Å². The summed E-state index contributed by atoms with van der Waals surface area (Å²) in [4.78, 5) is 22.4. The lowest BCUT2D eigenvalue weighted by molar-refractivity contribution is -0.134. The van der Waals surface area contributed by atoms with Crippen molar-refractivity contribution in [2.45, 2.75) is 13.8 Å². The highest BCUT2D eigenvalue weighted by Gasteiger charge is 2.21. The van der Waals surface area contributed by atoms with E-state index in [0.717, 1.165) is 6.07 Å². The number of hydrogen-bond acceptors (Lipinski definition) is 6. The molecule has 0 bridgehead atoms. The molecule has 2 aromatic carbocycles. The van der Waals surface area contributed by atoms with Crippen LogP contribution >= 0.6 is 23.2 Å². The molecule has 24 heavy (non-hydrogen) atoms. The fourth-order valence-electron chi connectivity index (χ4n) is 1.95. The van der Waals surface area contributed by atoms with E-state index in [1.807, 2.05) is 0 Å². The van der Waals surface area contributed by atoms with E-state index in [9.17, 15) is 19.8 Å². The van der Waals surface area contributed by atoms with Crippen molar-refractivity contribution in [3.05, 3.63) is 34.3 Å². The smallest absolute Gasteiger partial charge is 0.308 e. The van der Waals surface area contributed by atoms with Gasteiger partial charge in [-0.15, -0.1) is 0 Å². The minimum absolute atomic E-state index is 0.00977. The fraction of sp³-hybridized carbons (Fsp3) is 0.125. The topological polar surface area (TPSA) is 93.1 Å². The zero-order chi connectivity index (χ0) is 18.0. The second-order valence-electron chi connectivity index (χ2n) is 4.68. The van der Waals surface area contributed by atoms with E-state index in [-0.39, 0.29) is 32.7 Å². The Morgan fingerprint density at radius 1 is 1.04 bits per heavy atom. The van der Waals surface area contributed by atoms with Crippen molar-refractivity contribution in [2.24, 2.45) is 0 Å². The maximum absolute atomic E-state index is 11.3. The van der Waals surface area contributed by atoms with Gasteiger partial charge in [0.1, 0.15) is 0 Å². The van der Waals surface area contributed by atoms with Gasteiger partial charge in [0.15, 0.2) is 23.0 Å². The number of phenolic OH excluding ortho intramolecular Hbond substituents is 2. The molecule has 0 spiro atoms. The Balaban J connectivity index is 2.70. The van der Waals surface area contributed by atoms with Gasteiger partial charge in [-0.1, -0.05) is 23.2 Å². The van der Waals surface area contributed by atoms with Crippen LogP contribution in [0.5, 0.6) is 23.0 Å². The normalized spacial score (nSPS) is 10.3. The molecule has 6 nitrogen and oxygen atoms in total. The number of ether oxygens (including phenoxy) is 2. The third-order valence-electron chi connectivity index (χ3n) is 2.84. The van der Waals surface area contributed by atoms with Gasteiger partial charge in [-0.05, 0) is 12.1 Å². The number of carbonyl (C=O) groups is 2. The molecule has 0 unspecified atom stereocenters. The van der Waals surface area contributed by atoms with E-state index < -0.39 is 23.4 Å². The minimum atomic E-state index is -0.658. The van der Waals surface area contributed by atoms with E-state index in [4.69, 9.17) is 32.7 Å². The lowest BCUT2D eigenvalue weighted by Gasteiger charge is -2.14. The van der Waals surface area contributed by atoms with Crippen molar-refractivity contribution < 1.29 is 29.3 Å². The first-order chi connectivity index (χ1) is 11.2. The van der Waals surface area contributed by atoms with Gasteiger partial charge >= 0.3 is 11.9 Å². The van der Waals surface area contributed by atoms with Crippen molar-refractivity contribution in [3.63, 3.8) is 0 Å². The highest BCUT2D eigenvalue weighted by molar-refractivity contribution is 6.37. The summed E-state index contributed by atoms with van der Waals surface area (Å²) in [6.45, 7) is 2.34. The van der Waals surface area contributed by atoms with Gasteiger partial charge in [-0.2, -0.15) is 0 Å². The Bertz CT molecular complexity index is 832. The van der Waals surface area contributed by atoms with Gasteiger partial charge in [0.2, 0.25) is 0 Å². The van der Waals surface area contributed by atoms with Crippen LogP contribution < -0.4 is 9.47 Å². The maximum Gasteiger partial charge on any atom is 0.308 e. The number of aromatic hydroxyl groups is 2. The van der Waals surface area contributed by atoms with E-state index in [2.05, 4.69) is 6.07 Å². The standard InChI is InChI=1S/C16H11Cl2O6/c1-7(19)23-13-5-9(11(18)6-14(13)24-8(2)20)15-10(17)3-4-12(21)16(15)22/h4-6,21-22H,1-2H3. The number of phenols is 2. The molecular weight excluding hydrogens is 359 g/mol. The van der Waals surface area contributed by atoms with E-state index in [0.29, 0.717) is 0 Å². The molecular formula is C16H11Cl2O6. The number of hydrogen-bond donors (Lipinski definition) is 2.